The summed E-state index contributed by atoms with van der Waals surface area (Å²) >= 11 is 0. The van der Waals surface area contributed by atoms with Crippen molar-refractivity contribution in [2.45, 2.75) is 20.1 Å². The molecule has 0 aliphatic carbocycles. The number of halogens is 2. The van der Waals surface area contributed by atoms with Crippen molar-refractivity contribution in [2.75, 3.05) is 7.11 Å². The fraction of sp³-hybridized carbons (Fsp3) is 0.250. The van der Waals surface area contributed by atoms with Gasteiger partial charge in [0.15, 0.2) is 11.5 Å². The van der Waals surface area contributed by atoms with E-state index in [-0.39, 0.29) is 18.1 Å². The lowest BCUT2D eigenvalue weighted by molar-refractivity contribution is -0.139. The van der Waals surface area contributed by atoms with Crippen molar-refractivity contribution in [3.05, 3.63) is 47.4 Å². The molecule has 0 bridgehead atoms. The Morgan fingerprint density at radius 2 is 2.12 bits per heavy atom. The first-order chi connectivity index (χ1) is 11.5. The summed E-state index contributed by atoms with van der Waals surface area (Å²) in [6.07, 6.45) is 2.67. The summed E-state index contributed by atoms with van der Waals surface area (Å²) < 4.78 is 43.6. The van der Waals surface area contributed by atoms with E-state index in [1.54, 1.807) is 13.0 Å². The normalized spacial score (nSPS) is 11.0. The van der Waals surface area contributed by atoms with E-state index in [1.165, 1.54) is 37.5 Å². The van der Waals surface area contributed by atoms with Gasteiger partial charge in [-0.1, -0.05) is 11.2 Å². The average Bonchev–Trinajstić information content (AvgIpc) is 2.97. The third-order valence-electron chi connectivity index (χ3n) is 2.85. The highest BCUT2D eigenvalue weighted by atomic mass is 19.3. The van der Waals surface area contributed by atoms with Crippen molar-refractivity contribution in [3.63, 3.8) is 0 Å². The first-order valence-electron chi connectivity index (χ1n) is 6.88. The van der Waals surface area contributed by atoms with Gasteiger partial charge in [0.1, 0.15) is 18.1 Å². The molecule has 0 atom stereocenters. The van der Waals surface area contributed by atoms with Crippen molar-refractivity contribution >= 4 is 12.0 Å². The molecule has 0 radical (unpaired) electrons. The highest BCUT2D eigenvalue weighted by Crippen LogP contribution is 2.29. The zero-order valence-electron chi connectivity index (χ0n) is 13.0. The van der Waals surface area contributed by atoms with Crippen LogP contribution in [0.4, 0.5) is 8.78 Å². The Bertz CT molecular complexity index is 727. The lowest BCUT2D eigenvalue weighted by atomic mass is 10.2. The Kier molecular flexibility index (Phi) is 5.89. The maximum atomic E-state index is 12.3. The molecule has 0 unspecified atom stereocenters. The maximum absolute atomic E-state index is 12.3. The van der Waals surface area contributed by atoms with Crippen molar-refractivity contribution < 1.29 is 32.3 Å². The number of nitrogens with zero attached hydrogens (tertiary/aromatic N) is 1. The number of hydrogen-bond acceptors (Lipinski definition) is 6. The summed E-state index contributed by atoms with van der Waals surface area (Å²) in [7, 11) is 1.33. The van der Waals surface area contributed by atoms with Gasteiger partial charge in [-0.25, -0.2) is 4.79 Å². The summed E-state index contributed by atoms with van der Waals surface area (Å²) in [5, 5.41) is 3.69. The van der Waals surface area contributed by atoms with Crippen molar-refractivity contribution in [3.8, 4) is 11.5 Å². The van der Waals surface area contributed by atoms with Crippen molar-refractivity contribution in [1.29, 1.82) is 0 Å². The monoisotopic (exact) mass is 339 g/mol. The van der Waals surface area contributed by atoms with Crippen LogP contribution in [0.15, 0.2) is 34.9 Å². The second kappa shape index (κ2) is 8.09. The van der Waals surface area contributed by atoms with E-state index in [0.717, 1.165) is 0 Å². The number of carbonyl (C=O) groups is 1. The summed E-state index contributed by atoms with van der Waals surface area (Å²) in [5.74, 6) is 0.0786. The molecule has 8 heteroatoms. The molecule has 2 aromatic rings. The van der Waals surface area contributed by atoms with E-state index >= 15 is 0 Å². The molecule has 0 saturated heterocycles. The molecule has 6 nitrogen and oxygen atoms in total. The third-order valence-corrected chi connectivity index (χ3v) is 2.85. The molecular weight excluding hydrogens is 324 g/mol. The van der Waals surface area contributed by atoms with Gasteiger partial charge >= 0.3 is 12.6 Å². The molecule has 1 aromatic carbocycles. The quantitative estimate of drug-likeness (QED) is 0.569. The standard InChI is InChI=1S/C16H15F2NO5/c1-10-7-12(19-24-10)9-22-15(20)6-4-11-3-5-13(23-16(17)18)14(8-11)21-2/h3-8,16H,9H2,1-2H3/b6-4+. The Morgan fingerprint density at radius 3 is 2.75 bits per heavy atom. The Hall–Kier alpha value is -2.90. The molecule has 0 spiro atoms. The van der Waals surface area contributed by atoms with Crippen LogP contribution < -0.4 is 9.47 Å². The van der Waals surface area contributed by atoms with E-state index in [9.17, 15) is 13.6 Å². The van der Waals surface area contributed by atoms with E-state index in [4.69, 9.17) is 14.0 Å². The molecular formula is C16H15F2NO5. The van der Waals surface area contributed by atoms with Gasteiger partial charge in [0, 0.05) is 12.1 Å². The molecule has 1 aromatic heterocycles. The highest BCUT2D eigenvalue weighted by molar-refractivity contribution is 5.87. The number of benzene rings is 1. The van der Waals surface area contributed by atoms with Crippen LogP contribution in [0.5, 0.6) is 11.5 Å². The summed E-state index contributed by atoms with van der Waals surface area (Å²) in [4.78, 5) is 11.6. The second-order valence-corrected chi connectivity index (χ2v) is 4.66. The van der Waals surface area contributed by atoms with E-state index in [1.807, 2.05) is 0 Å². The number of rotatable bonds is 7. The summed E-state index contributed by atoms with van der Waals surface area (Å²) in [6.45, 7) is -1.23. The number of hydrogen-bond donors (Lipinski definition) is 0. The van der Waals surface area contributed by atoms with Gasteiger partial charge < -0.3 is 18.7 Å². The fourth-order valence-corrected chi connectivity index (χ4v) is 1.82. The van der Waals surface area contributed by atoms with Gasteiger partial charge in [0.25, 0.3) is 0 Å². The number of ether oxygens (including phenoxy) is 3. The minimum Gasteiger partial charge on any atom is -0.493 e. The molecule has 0 aliphatic rings. The minimum atomic E-state index is -2.95. The van der Waals surface area contributed by atoms with Crippen LogP contribution in [-0.4, -0.2) is 24.8 Å². The zero-order chi connectivity index (χ0) is 17.5. The largest absolute Gasteiger partial charge is 0.493 e. The van der Waals surface area contributed by atoms with E-state index < -0.39 is 12.6 Å². The van der Waals surface area contributed by atoms with E-state index in [0.29, 0.717) is 17.0 Å². The van der Waals surface area contributed by atoms with Crippen LogP contribution in [0, 0.1) is 6.92 Å². The molecule has 2 rings (SSSR count). The van der Waals surface area contributed by atoms with Crippen molar-refractivity contribution in [1.82, 2.24) is 5.16 Å². The molecule has 0 aliphatic heterocycles. The van der Waals surface area contributed by atoms with Crippen LogP contribution in [0.3, 0.4) is 0 Å². The Labute approximate surface area is 136 Å². The molecule has 1 heterocycles. The molecule has 0 saturated carbocycles. The molecule has 128 valence electrons. The van der Waals surface area contributed by atoms with Gasteiger partial charge in [-0.3, -0.25) is 0 Å². The topological polar surface area (TPSA) is 70.8 Å². The van der Waals surface area contributed by atoms with Crippen LogP contribution in [0.2, 0.25) is 0 Å². The van der Waals surface area contributed by atoms with Crippen LogP contribution >= 0.6 is 0 Å². The van der Waals surface area contributed by atoms with Crippen LogP contribution in [-0.2, 0) is 16.1 Å². The lowest BCUT2D eigenvalue weighted by Crippen LogP contribution is -2.03. The van der Waals surface area contributed by atoms with Crippen molar-refractivity contribution in [2.24, 2.45) is 0 Å². The smallest absolute Gasteiger partial charge is 0.387 e. The third kappa shape index (κ3) is 5.08. The molecule has 0 fully saturated rings. The molecule has 0 amide bonds. The number of esters is 1. The fourth-order valence-electron chi connectivity index (χ4n) is 1.82. The minimum absolute atomic E-state index is 0.00893. The Balaban J connectivity index is 1.96. The molecule has 24 heavy (non-hydrogen) atoms. The number of aryl methyl sites for hydroxylation is 1. The van der Waals surface area contributed by atoms with Gasteiger partial charge in [0.05, 0.1) is 7.11 Å². The predicted octanol–water partition coefficient (Wildman–Crippen LogP) is 3.35. The van der Waals surface area contributed by atoms with Gasteiger partial charge in [0.2, 0.25) is 0 Å². The molecule has 0 N–H and O–H groups in total. The lowest BCUT2D eigenvalue weighted by Gasteiger charge is -2.10. The van der Waals surface area contributed by atoms with Crippen LogP contribution in [0.1, 0.15) is 17.0 Å². The predicted molar refractivity (Wildman–Crippen MR) is 79.7 cm³/mol. The summed E-state index contributed by atoms with van der Waals surface area (Å²) in [6, 6.07) is 5.95. The first-order valence-corrected chi connectivity index (χ1v) is 6.88. The van der Waals surface area contributed by atoms with Gasteiger partial charge in [-0.05, 0) is 30.7 Å². The number of methoxy groups -OCH3 is 1. The average molecular weight is 339 g/mol. The number of carbonyl (C=O) groups excluding carboxylic acids is 1. The zero-order valence-corrected chi connectivity index (χ0v) is 13.0. The SMILES string of the molecule is COc1cc(/C=C/C(=O)OCc2cc(C)on2)ccc1OC(F)F. The Morgan fingerprint density at radius 1 is 1.33 bits per heavy atom. The summed E-state index contributed by atoms with van der Waals surface area (Å²) in [5.41, 5.74) is 1.06. The van der Waals surface area contributed by atoms with Gasteiger partial charge in [-0.15, -0.1) is 0 Å². The maximum Gasteiger partial charge on any atom is 0.387 e. The van der Waals surface area contributed by atoms with Gasteiger partial charge in [-0.2, -0.15) is 8.78 Å². The highest BCUT2D eigenvalue weighted by Gasteiger charge is 2.10. The first kappa shape index (κ1) is 17.5. The van der Waals surface area contributed by atoms with E-state index in [2.05, 4.69) is 9.89 Å². The number of alkyl halides is 2. The van der Waals surface area contributed by atoms with Crippen LogP contribution in [0.25, 0.3) is 6.08 Å². The second-order valence-electron chi connectivity index (χ2n) is 4.66. The number of aromatic nitrogens is 1.